The minimum atomic E-state index is 0.789. The van der Waals surface area contributed by atoms with Gasteiger partial charge in [-0.05, 0) is 19.1 Å². The van der Waals surface area contributed by atoms with Crippen molar-refractivity contribution in [3.05, 3.63) is 54.6 Å². The molecule has 0 spiro atoms. The Bertz CT molecular complexity index is 681. The van der Waals surface area contributed by atoms with Crippen LogP contribution in [-0.4, -0.2) is 19.3 Å². The molecule has 2 aromatic heterocycles. The molecule has 19 heavy (non-hydrogen) atoms. The summed E-state index contributed by atoms with van der Waals surface area (Å²) in [5, 5.41) is 7.51. The van der Waals surface area contributed by atoms with Crippen LogP contribution in [0.4, 0.5) is 11.6 Å². The van der Waals surface area contributed by atoms with Crippen LogP contribution in [0.2, 0.25) is 0 Å². The number of aromatic nitrogens is 4. The lowest BCUT2D eigenvalue weighted by atomic mass is 10.3. The highest BCUT2D eigenvalue weighted by Crippen LogP contribution is 2.19. The van der Waals surface area contributed by atoms with Crippen LogP contribution in [0.3, 0.4) is 0 Å². The Morgan fingerprint density at radius 1 is 1.11 bits per heavy atom. The molecule has 1 aromatic carbocycles. The Kier molecular flexibility index (Phi) is 2.79. The molecular formula is C14H15N5. The number of para-hydroxylation sites is 1. The van der Waals surface area contributed by atoms with E-state index in [1.165, 1.54) is 0 Å². The molecule has 0 fully saturated rings. The SMILES string of the molecule is Cc1cn(-c2cnn(C)c2)c(Nc2ccccc2)n1. The van der Waals surface area contributed by atoms with Gasteiger partial charge in [0.05, 0.1) is 17.6 Å². The molecular weight excluding hydrogens is 238 g/mol. The number of nitrogens with one attached hydrogen (secondary N) is 1. The van der Waals surface area contributed by atoms with E-state index in [0.29, 0.717) is 0 Å². The molecule has 0 atom stereocenters. The largest absolute Gasteiger partial charge is 0.325 e. The Balaban J connectivity index is 1.98. The lowest BCUT2D eigenvalue weighted by Crippen LogP contribution is -2.00. The third kappa shape index (κ3) is 2.35. The summed E-state index contributed by atoms with van der Waals surface area (Å²) >= 11 is 0. The molecule has 1 N–H and O–H groups in total. The summed E-state index contributed by atoms with van der Waals surface area (Å²) < 4.78 is 3.77. The molecule has 5 heteroatoms. The number of rotatable bonds is 3. The number of benzene rings is 1. The van der Waals surface area contributed by atoms with Crippen molar-refractivity contribution in [2.24, 2.45) is 7.05 Å². The summed E-state index contributed by atoms with van der Waals surface area (Å²) in [7, 11) is 1.90. The van der Waals surface area contributed by atoms with E-state index in [2.05, 4.69) is 15.4 Å². The number of anilines is 2. The van der Waals surface area contributed by atoms with E-state index in [9.17, 15) is 0 Å². The standard InChI is InChI=1S/C14H15N5/c1-11-9-19(13-8-15-18(2)10-13)14(16-11)17-12-6-4-3-5-7-12/h3-10H,1-2H3,(H,16,17). The van der Waals surface area contributed by atoms with E-state index in [1.54, 1.807) is 4.68 Å². The van der Waals surface area contributed by atoms with Crippen molar-refractivity contribution in [1.29, 1.82) is 0 Å². The summed E-state index contributed by atoms with van der Waals surface area (Å²) in [6.07, 6.45) is 5.76. The van der Waals surface area contributed by atoms with Crippen LogP contribution >= 0.6 is 0 Å². The molecule has 0 saturated carbocycles. The van der Waals surface area contributed by atoms with Gasteiger partial charge in [-0.25, -0.2) is 4.98 Å². The van der Waals surface area contributed by atoms with Crippen LogP contribution in [0.5, 0.6) is 0 Å². The minimum Gasteiger partial charge on any atom is -0.325 e. The van der Waals surface area contributed by atoms with E-state index >= 15 is 0 Å². The summed E-state index contributed by atoms with van der Waals surface area (Å²) in [5.41, 5.74) is 2.96. The molecule has 96 valence electrons. The molecule has 0 aliphatic heterocycles. The van der Waals surface area contributed by atoms with Gasteiger partial charge in [0.25, 0.3) is 0 Å². The van der Waals surface area contributed by atoms with Crippen LogP contribution in [0, 0.1) is 6.92 Å². The van der Waals surface area contributed by atoms with Crippen molar-refractivity contribution in [3.8, 4) is 5.69 Å². The first kappa shape index (κ1) is 11.5. The summed E-state index contributed by atoms with van der Waals surface area (Å²) in [5.74, 6) is 0.789. The molecule has 0 unspecified atom stereocenters. The molecule has 0 amide bonds. The van der Waals surface area contributed by atoms with Crippen molar-refractivity contribution in [3.63, 3.8) is 0 Å². The summed E-state index contributed by atoms with van der Waals surface area (Å²) in [4.78, 5) is 4.51. The lowest BCUT2D eigenvalue weighted by molar-refractivity contribution is 0.767. The Labute approximate surface area is 111 Å². The van der Waals surface area contributed by atoms with Gasteiger partial charge in [-0.3, -0.25) is 9.25 Å². The quantitative estimate of drug-likeness (QED) is 0.780. The average molecular weight is 253 g/mol. The normalized spacial score (nSPS) is 10.6. The second kappa shape index (κ2) is 4.61. The lowest BCUT2D eigenvalue weighted by Gasteiger charge is -2.07. The van der Waals surface area contributed by atoms with Crippen LogP contribution < -0.4 is 5.32 Å². The summed E-state index contributed by atoms with van der Waals surface area (Å²) in [6, 6.07) is 10.00. The highest BCUT2D eigenvalue weighted by Gasteiger charge is 2.09. The maximum atomic E-state index is 4.51. The molecule has 0 radical (unpaired) electrons. The predicted molar refractivity (Wildman–Crippen MR) is 74.8 cm³/mol. The fourth-order valence-electron chi connectivity index (χ4n) is 1.97. The minimum absolute atomic E-state index is 0.789. The molecule has 2 heterocycles. The molecule has 0 saturated heterocycles. The van der Waals surface area contributed by atoms with Gasteiger partial charge in [0.15, 0.2) is 0 Å². The second-order valence-electron chi connectivity index (χ2n) is 4.44. The molecule has 3 aromatic rings. The van der Waals surface area contributed by atoms with E-state index in [4.69, 9.17) is 0 Å². The van der Waals surface area contributed by atoms with Gasteiger partial charge in [0.1, 0.15) is 0 Å². The topological polar surface area (TPSA) is 47.7 Å². The van der Waals surface area contributed by atoms with Crippen molar-refractivity contribution in [2.75, 3.05) is 5.32 Å². The molecule has 0 bridgehead atoms. The van der Waals surface area contributed by atoms with E-state index in [1.807, 2.05) is 67.5 Å². The molecule has 0 aliphatic rings. The first-order valence-electron chi connectivity index (χ1n) is 6.09. The van der Waals surface area contributed by atoms with Crippen molar-refractivity contribution in [2.45, 2.75) is 6.92 Å². The van der Waals surface area contributed by atoms with Gasteiger partial charge in [-0.1, -0.05) is 18.2 Å². The van der Waals surface area contributed by atoms with Crippen molar-refractivity contribution >= 4 is 11.6 Å². The maximum Gasteiger partial charge on any atom is 0.212 e. The Morgan fingerprint density at radius 2 is 1.89 bits per heavy atom. The predicted octanol–water partition coefficient (Wildman–Crippen LogP) is 2.66. The average Bonchev–Trinajstić information content (AvgIpc) is 2.97. The van der Waals surface area contributed by atoms with E-state index in [0.717, 1.165) is 23.0 Å². The molecule has 3 rings (SSSR count). The zero-order valence-electron chi connectivity index (χ0n) is 10.9. The second-order valence-corrected chi connectivity index (χ2v) is 4.44. The van der Waals surface area contributed by atoms with Gasteiger partial charge in [-0.2, -0.15) is 5.10 Å². The van der Waals surface area contributed by atoms with E-state index in [-0.39, 0.29) is 0 Å². The first-order chi connectivity index (χ1) is 9.22. The number of aryl methyl sites for hydroxylation is 2. The van der Waals surface area contributed by atoms with Gasteiger partial charge in [0, 0.05) is 25.1 Å². The van der Waals surface area contributed by atoms with Crippen molar-refractivity contribution in [1.82, 2.24) is 19.3 Å². The van der Waals surface area contributed by atoms with Gasteiger partial charge in [0.2, 0.25) is 5.95 Å². The highest BCUT2D eigenvalue weighted by atomic mass is 15.3. The van der Waals surface area contributed by atoms with Crippen molar-refractivity contribution < 1.29 is 0 Å². The Morgan fingerprint density at radius 3 is 2.58 bits per heavy atom. The number of hydrogen-bond acceptors (Lipinski definition) is 3. The monoisotopic (exact) mass is 253 g/mol. The van der Waals surface area contributed by atoms with Gasteiger partial charge >= 0.3 is 0 Å². The van der Waals surface area contributed by atoms with Crippen LogP contribution in [0.15, 0.2) is 48.9 Å². The first-order valence-corrected chi connectivity index (χ1v) is 6.09. The smallest absolute Gasteiger partial charge is 0.212 e. The van der Waals surface area contributed by atoms with Gasteiger partial charge in [-0.15, -0.1) is 0 Å². The molecule has 0 aliphatic carbocycles. The number of imidazole rings is 1. The van der Waals surface area contributed by atoms with Gasteiger partial charge < -0.3 is 5.32 Å². The summed E-state index contributed by atoms with van der Waals surface area (Å²) in [6.45, 7) is 1.98. The fourth-order valence-corrected chi connectivity index (χ4v) is 1.97. The molecule has 5 nitrogen and oxygen atoms in total. The van der Waals surface area contributed by atoms with Crippen LogP contribution in [-0.2, 0) is 7.05 Å². The third-order valence-electron chi connectivity index (χ3n) is 2.83. The Hall–Kier alpha value is -2.56. The van der Waals surface area contributed by atoms with Crippen LogP contribution in [0.1, 0.15) is 5.69 Å². The van der Waals surface area contributed by atoms with E-state index < -0.39 is 0 Å². The number of nitrogens with zero attached hydrogens (tertiary/aromatic N) is 4. The third-order valence-corrected chi connectivity index (χ3v) is 2.83. The number of hydrogen-bond donors (Lipinski definition) is 1. The zero-order chi connectivity index (χ0) is 13.2. The zero-order valence-corrected chi connectivity index (χ0v) is 10.9. The highest BCUT2D eigenvalue weighted by molar-refractivity contribution is 5.55. The van der Waals surface area contributed by atoms with Crippen LogP contribution in [0.25, 0.3) is 5.69 Å². The fraction of sp³-hybridized carbons (Fsp3) is 0.143. The maximum absolute atomic E-state index is 4.51.